The fourth-order valence-corrected chi connectivity index (χ4v) is 3.55. The van der Waals surface area contributed by atoms with E-state index in [1.54, 1.807) is 9.80 Å². The van der Waals surface area contributed by atoms with Gasteiger partial charge < -0.3 is 20.3 Å². The number of hydroxylamine groups is 1. The Kier molecular flexibility index (Phi) is 7.49. The number of amides is 1. The molecule has 2 aliphatic heterocycles. The van der Waals surface area contributed by atoms with Crippen molar-refractivity contribution in [2.24, 2.45) is 5.73 Å². The summed E-state index contributed by atoms with van der Waals surface area (Å²) in [4.78, 5) is 21.2. The number of halogens is 2. The van der Waals surface area contributed by atoms with Crippen LogP contribution < -0.4 is 16.1 Å². The number of hydrogen-bond acceptors (Lipinski definition) is 6. The van der Waals surface area contributed by atoms with Gasteiger partial charge in [0.15, 0.2) is 0 Å². The molecule has 1 saturated heterocycles. The van der Waals surface area contributed by atoms with Crippen molar-refractivity contribution in [3.05, 3.63) is 41.1 Å². The first-order valence-electron chi connectivity index (χ1n) is 10.4. The monoisotopic (exact) mass is 424 g/mol. The second kappa shape index (κ2) is 10.1. The molecule has 2 aliphatic rings. The highest BCUT2D eigenvalue weighted by Crippen LogP contribution is 2.26. The number of carbonyl (C=O) groups is 1. The number of anilines is 1. The van der Waals surface area contributed by atoms with E-state index in [1.807, 2.05) is 19.9 Å². The first-order valence-corrected chi connectivity index (χ1v) is 10.4. The Balaban J connectivity index is 1.45. The molecule has 166 valence electrons. The van der Waals surface area contributed by atoms with Crippen LogP contribution >= 0.6 is 0 Å². The smallest absolute Gasteiger partial charge is 0.410 e. The number of hydrogen-bond donors (Lipinski definition) is 2. The maximum Gasteiger partial charge on any atom is 0.410 e. The second-order valence-corrected chi connectivity index (χ2v) is 7.86. The van der Waals surface area contributed by atoms with E-state index < -0.39 is 11.6 Å². The van der Waals surface area contributed by atoms with E-state index in [1.165, 1.54) is 6.07 Å². The third-order valence-electron chi connectivity index (χ3n) is 5.28. The van der Waals surface area contributed by atoms with E-state index in [0.717, 1.165) is 24.6 Å². The van der Waals surface area contributed by atoms with Crippen LogP contribution in [0.4, 0.5) is 19.3 Å². The average molecular weight is 424 g/mol. The van der Waals surface area contributed by atoms with Gasteiger partial charge >= 0.3 is 6.09 Å². The average Bonchev–Trinajstić information content (AvgIpc) is 2.74. The SMILES string of the molecule is CC(C)OC(=O)N1CCC(ONC2=CCN(c3cc(F)c(CN)cc3F)CC2)CC1. The van der Waals surface area contributed by atoms with E-state index in [2.05, 4.69) is 5.48 Å². The number of carbonyl (C=O) groups excluding carboxylic acids is 1. The van der Waals surface area contributed by atoms with Gasteiger partial charge in [-0.2, -0.15) is 0 Å². The van der Waals surface area contributed by atoms with Crippen molar-refractivity contribution >= 4 is 11.8 Å². The molecule has 0 spiro atoms. The number of nitrogens with zero attached hydrogens (tertiary/aromatic N) is 2. The molecule has 1 fully saturated rings. The van der Waals surface area contributed by atoms with Gasteiger partial charge in [-0.05, 0) is 38.8 Å². The van der Waals surface area contributed by atoms with Crippen LogP contribution in [0.2, 0.25) is 0 Å². The zero-order valence-corrected chi connectivity index (χ0v) is 17.5. The molecule has 0 saturated carbocycles. The summed E-state index contributed by atoms with van der Waals surface area (Å²) in [6, 6.07) is 2.37. The fourth-order valence-electron chi connectivity index (χ4n) is 3.55. The highest BCUT2D eigenvalue weighted by Gasteiger charge is 2.25. The first kappa shape index (κ1) is 22.3. The van der Waals surface area contributed by atoms with Crippen molar-refractivity contribution in [2.45, 2.75) is 51.9 Å². The lowest BCUT2D eigenvalue weighted by Gasteiger charge is -2.33. The number of likely N-dealkylation sites (tertiary alicyclic amines) is 1. The maximum absolute atomic E-state index is 14.3. The topological polar surface area (TPSA) is 80.1 Å². The zero-order valence-electron chi connectivity index (χ0n) is 17.5. The van der Waals surface area contributed by atoms with E-state index in [0.29, 0.717) is 32.6 Å². The molecular formula is C21H30F2N4O3. The minimum absolute atomic E-state index is 0.00220. The summed E-state index contributed by atoms with van der Waals surface area (Å²) in [5.74, 6) is -0.964. The third kappa shape index (κ3) is 5.60. The van der Waals surface area contributed by atoms with Gasteiger partial charge in [-0.15, -0.1) is 0 Å². The Morgan fingerprint density at radius 2 is 1.97 bits per heavy atom. The second-order valence-electron chi connectivity index (χ2n) is 7.86. The van der Waals surface area contributed by atoms with Crippen molar-refractivity contribution in [2.75, 3.05) is 31.1 Å². The van der Waals surface area contributed by atoms with Crippen molar-refractivity contribution in [3.63, 3.8) is 0 Å². The van der Waals surface area contributed by atoms with E-state index in [4.69, 9.17) is 15.3 Å². The maximum atomic E-state index is 14.3. The van der Waals surface area contributed by atoms with Gasteiger partial charge in [0, 0.05) is 56.5 Å². The first-order chi connectivity index (χ1) is 14.4. The van der Waals surface area contributed by atoms with E-state index >= 15 is 0 Å². The quantitative estimate of drug-likeness (QED) is 0.684. The number of nitrogens with one attached hydrogen (secondary N) is 1. The molecule has 0 atom stereocenters. The standard InChI is InChI=1S/C21H30F2N4O3/c1-14(2)29-21(28)27-9-5-17(6-10-27)30-25-16-3-7-26(8-4-16)20-12-18(22)15(13-24)11-19(20)23/h3,11-12,14,17,25H,4-10,13,24H2,1-2H3. The Hall–Kier alpha value is -2.39. The predicted molar refractivity (Wildman–Crippen MR) is 110 cm³/mol. The number of benzene rings is 1. The van der Waals surface area contributed by atoms with Crippen LogP contribution in [0.3, 0.4) is 0 Å². The van der Waals surface area contributed by atoms with Gasteiger partial charge in [0.1, 0.15) is 11.6 Å². The highest BCUT2D eigenvalue weighted by molar-refractivity contribution is 5.67. The van der Waals surface area contributed by atoms with Crippen molar-refractivity contribution in [3.8, 4) is 0 Å². The van der Waals surface area contributed by atoms with Gasteiger partial charge in [-0.25, -0.2) is 13.6 Å². The molecule has 2 heterocycles. The van der Waals surface area contributed by atoms with Crippen LogP contribution in [0, 0.1) is 11.6 Å². The normalized spacial score (nSPS) is 17.9. The molecule has 0 radical (unpaired) electrons. The molecule has 0 aromatic heterocycles. The van der Waals surface area contributed by atoms with Crippen LogP contribution in [-0.4, -0.2) is 49.4 Å². The molecule has 0 aliphatic carbocycles. The van der Waals surface area contributed by atoms with Crippen molar-refractivity contribution in [1.29, 1.82) is 0 Å². The molecule has 7 nitrogen and oxygen atoms in total. The summed E-state index contributed by atoms with van der Waals surface area (Å²) in [6.45, 7) is 5.80. The highest BCUT2D eigenvalue weighted by atomic mass is 19.1. The van der Waals surface area contributed by atoms with Crippen LogP contribution in [-0.2, 0) is 16.1 Å². The van der Waals surface area contributed by atoms with Gasteiger partial charge in [-0.3, -0.25) is 10.3 Å². The van der Waals surface area contributed by atoms with Crippen molar-refractivity contribution < 1.29 is 23.1 Å². The minimum atomic E-state index is -0.492. The summed E-state index contributed by atoms with van der Waals surface area (Å²) in [5.41, 5.74) is 9.74. The number of ether oxygens (including phenoxy) is 1. The molecule has 3 rings (SSSR count). The number of piperidine rings is 1. The molecule has 0 unspecified atom stereocenters. The summed E-state index contributed by atoms with van der Waals surface area (Å²) in [6.07, 6.45) is 3.56. The summed E-state index contributed by atoms with van der Waals surface area (Å²) < 4.78 is 33.5. The molecular weight excluding hydrogens is 394 g/mol. The lowest BCUT2D eigenvalue weighted by molar-refractivity contribution is -0.0415. The third-order valence-corrected chi connectivity index (χ3v) is 5.28. The Labute approximate surface area is 175 Å². The van der Waals surface area contributed by atoms with Crippen LogP contribution in [0.25, 0.3) is 0 Å². The molecule has 1 aromatic carbocycles. The van der Waals surface area contributed by atoms with Crippen LogP contribution in [0.1, 0.15) is 38.7 Å². The number of nitrogens with two attached hydrogens (primary N) is 1. The summed E-state index contributed by atoms with van der Waals surface area (Å²) in [5, 5.41) is 0. The zero-order chi connectivity index (χ0) is 21.7. The molecule has 0 bridgehead atoms. The molecule has 9 heteroatoms. The Bertz CT molecular complexity index is 780. The van der Waals surface area contributed by atoms with Gasteiger partial charge in [0.05, 0.1) is 17.9 Å². The van der Waals surface area contributed by atoms with Gasteiger partial charge in [0.2, 0.25) is 0 Å². The fraction of sp³-hybridized carbons (Fsp3) is 0.571. The number of rotatable bonds is 6. The lowest BCUT2D eigenvalue weighted by Crippen LogP contribution is -2.43. The van der Waals surface area contributed by atoms with E-state index in [9.17, 15) is 13.6 Å². The predicted octanol–water partition coefficient (Wildman–Crippen LogP) is 3.05. The minimum Gasteiger partial charge on any atom is -0.447 e. The Morgan fingerprint density at radius 1 is 1.23 bits per heavy atom. The lowest BCUT2D eigenvalue weighted by atomic mass is 10.1. The summed E-state index contributed by atoms with van der Waals surface area (Å²) >= 11 is 0. The summed E-state index contributed by atoms with van der Waals surface area (Å²) in [7, 11) is 0. The largest absolute Gasteiger partial charge is 0.447 e. The van der Waals surface area contributed by atoms with E-state index in [-0.39, 0.29) is 36.1 Å². The van der Waals surface area contributed by atoms with Crippen LogP contribution in [0.5, 0.6) is 0 Å². The van der Waals surface area contributed by atoms with Crippen LogP contribution in [0.15, 0.2) is 23.9 Å². The van der Waals surface area contributed by atoms with Gasteiger partial charge in [-0.1, -0.05) is 0 Å². The van der Waals surface area contributed by atoms with Gasteiger partial charge in [0.25, 0.3) is 0 Å². The molecule has 3 N–H and O–H groups in total. The molecule has 1 amide bonds. The van der Waals surface area contributed by atoms with Crippen molar-refractivity contribution in [1.82, 2.24) is 10.4 Å². The molecule has 30 heavy (non-hydrogen) atoms. The molecule has 1 aromatic rings. The Morgan fingerprint density at radius 3 is 2.57 bits per heavy atom.